The predicted molar refractivity (Wildman–Crippen MR) is 100 cm³/mol. The molecule has 0 unspecified atom stereocenters. The lowest BCUT2D eigenvalue weighted by molar-refractivity contribution is 0.0734. The zero-order valence-corrected chi connectivity index (χ0v) is 14.7. The summed E-state index contributed by atoms with van der Waals surface area (Å²) < 4.78 is 16.5. The molecule has 3 aromatic carbocycles. The van der Waals surface area contributed by atoms with E-state index in [0.29, 0.717) is 35.3 Å². The summed E-state index contributed by atoms with van der Waals surface area (Å²) >= 11 is 6.01. The first-order valence-electron chi connectivity index (χ1n) is 8.10. The average molecular weight is 369 g/mol. The Balaban J connectivity index is 1.54. The minimum Gasteiger partial charge on any atom is -0.490 e. The van der Waals surface area contributed by atoms with Crippen LogP contribution < -0.4 is 14.2 Å². The molecule has 0 fully saturated rings. The highest BCUT2D eigenvalue weighted by molar-refractivity contribution is 6.32. The average Bonchev–Trinajstić information content (AvgIpc) is 2.68. The van der Waals surface area contributed by atoms with Gasteiger partial charge in [0, 0.05) is 0 Å². The van der Waals surface area contributed by atoms with Gasteiger partial charge in [-0.05, 0) is 42.5 Å². The Kier molecular flexibility index (Phi) is 6.12. The molecule has 0 heterocycles. The van der Waals surface area contributed by atoms with Gasteiger partial charge in [0.1, 0.15) is 30.5 Å². The topological polar surface area (TPSA) is 44.8 Å². The maximum Gasteiger partial charge on any atom is 0.343 e. The Labute approximate surface area is 156 Å². The summed E-state index contributed by atoms with van der Waals surface area (Å²) in [5, 5.41) is 0.381. The minimum absolute atomic E-state index is 0.321. The van der Waals surface area contributed by atoms with Crippen molar-refractivity contribution >= 4 is 17.6 Å². The Morgan fingerprint density at radius 2 is 1.42 bits per heavy atom. The van der Waals surface area contributed by atoms with Gasteiger partial charge in [-0.1, -0.05) is 48.0 Å². The Hall–Kier alpha value is -2.98. The lowest BCUT2D eigenvalue weighted by Gasteiger charge is -2.10. The third-order valence-electron chi connectivity index (χ3n) is 3.47. The monoisotopic (exact) mass is 368 g/mol. The summed E-state index contributed by atoms with van der Waals surface area (Å²) in [6.07, 6.45) is 0. The Morgan fingerprint density at radius 3 is 2.19 bits per heavy atom. The van der Waals surface area contributed by atoms with Crippen molar-refractivity contribution in [3.8, 4) is 17.2 Å². The van der Waals surface area contributed by atoms with E-state index in [4.69, 9.17) is 25.8 Å². The number of para-hydroxylation sites is 2. The number of ether oxygens (including phenoxy) is 3. The second-order valence-electron chi connectivity index (χ2n) is 5.36. The third kappa shape index (κ3) is 5.01. The van der Waals surface area contributed by atoms with Crippen molar-refractivity contribution in [2.45, 2.75) is 0 Å². The first kappa shape index (κ1) is 17.8. The molecule has 3 aromatic rings. The Bertz CT molecular complexity index is 865. The molecule has 0 aliphatic rings. The lowest BCUT2D eigenvalue weighted by Crippen LogP contribution is -2.11. The van der Waals surface area contributed by atoms with Gasteiger partial charge < -0.3 is 14.2 Å². The Morgan fingerprint density at radius 1 is 0.769 bits per heavy atom. The van der Waals surface area contributed by atoms with Crippen LogP contribution in [0.25, 0.3) is 0 Å². The van der Waals surface area contributed by atoms with Crippen LogP contribution in [0.2, 0.25) is 5.02 Å². The van der Waals surface area contributed by atoms with Crippen molar-refractivity contribution in [3.63, 3.8) is 0 Å². The molecule has 0 saturated heterocycles. The van der Waals surface area contributed by atoms with Crippen molar-refractivity contribution < 1.29 is 19.0 Å². The molecule has 0 aliphatic carbocycles. The summed E-state index contributed by atoms with van der Waals surface area (Å²) in [6.45, 7) is 0.760. The third-order valence-corrected chi connectivity index (χ3v) is 3.79. The van der Waals surface area contributed by atoms with Crippen molar-refractivity contribution in [3.05, 3.63) is 89.4 Å². The quantitative estimate of drug-likeness (QED) is 0.334. The van der Waals surface area contributed by atoms with Gasteiger partial charge in [0.15, 0.2) is 0 Å². The molecule has 132 valence electrons. The van der Waals surface area contributed by atoms with Crippen LogP contribution in [0.3, 0.4) is 0 Å². The molecule has 26 heavy (non-hydrogen) atoms. The molecule has 0 amide bonds. The molecule has 0 spiro atoms. The van der Waals surface area contributed by atoms with Gasteiger partial charge >= 0.3 is 5.97 Å². The fourth-order valence-electron chi connectivity index (χ4n) is 2.23. The molecule has 4 nitrogen and oxygen atoms in total. The number of carbonyl (C=O) groups excluding carboxylic acids is 1. The zero-order chi connectivity index (χ0) is 18.2. The first-order valence-corrected chi connectivity index (χ1v) is 8.47. The molecule has 0 aromatic heterocycles. The van der Waals surface area contributed by atoms with Crippen LogP contribution in [0.1, 0.15) is 10.4 Å². The van der Waals surface area contributed by atoms with E-state index in [0.717, 1.165) is 5.75 Å². The molecule has 0 aliphatic heterocycles. The van der Waals surface area contributed by atoms with Crippen molar-refractivity contribution in [2.75, 3.05) is 13.2 Å². The van der Waals surface area contributed by atoms with E-state index in [9.17, 15) is 4.79 Å². The van der Waals surface area contributed by atoms with Crippen molar-refractivity contribution in [1.29, 1.82) is 0 Å². The standard InChI is InChI=1S/C21H17ClO4/c22-19-11-4-5-12-20(19)26-21(23)16-7-6-10-18(15-16)25-14-13-24-17-8-2-1-3-9-17/h1-12,15H,13-14H2. The fraction of sp³-hybridized carbons (Fsp3) is 0.0952. The number of esters is 1. The van der Waals surface area contributed by atoms with Gasteiger partial charge in [-0.2, -0.15) is 0 Å². The number of benzene rings is 3. The van der Waals surface area contributed by atoms with Crippen molar-refractivity contribution in [1.82, 2.24) is 0 Å². The highest BCUT2D eigenvalue weighted by atomic mass is 35.5. The summed E-state index contributed by atoms with van der Waals surface area (Å²) in [6, 6.07) is 23.1. The smallest absolute Gasteiger partial charge is 0.343 e. The second kappa shape index (κ2) is 8.92. The van der Waals surface area contributed by atoms with Gasteiger partial charge in [0.25, 0.3) is 0 Å². The van der Waals surface area contributed by atoms with Crippen LogP contribution in [0, 0.1) is 0 Å². The number of hydrogen-bond acceptors (Lipinski definition) is 4. The fourth-order valence-corrected chi connectivity index (χ4v) is 2.41. The SMILES string of the molecule is O=C(Oc1ccccc1Cl)c1cccc(OCCOc2ccccc2)c1. The number of hydrogen-bond donors (Lipinski definition) is 0. The molecular formula is C21H17ClO4. The number of rotatable bonds is 7. The summed E-state index contributed by atoms with van der Waals surface area (Å²) in [5.74, 6) is 1.18. The molecular weight excluding hydrogens is 352 g/mol. The van der Waals surface area contributed by atoms with Crippen LogP contribution >= 0.6 is 11.6 Å². The van der Waals surface area contributed by atoms with Gasteiger partial charge in [0.2, 0.25) is 0 Å². The van der Waals surface area contributed by atoms with E-state index in [1.165, 1.54) is 0 Å². The van der Waals surface area contributed by atoms with Gasteiger partial charge in [0.05, 0.1) is 10.6 Å². The molecule has 0 atom stereocenters. The van der Waals surface area contributed by atoms with Crippen LogP contribution in [-0.4, -0.2) is 19.2 Å². The summed E-state index contributed by atoms with van der Waals surface area (Å²) in [5.41, 5.74) is 0.381. The van der Waals surface area contributed by atoms with Crippen LogP contribution in [0.5, 0.6) is 17.2 Å². The highest BCUT2D eigenvalue weighted by Crippen LogP contribution is 2.24. The largest absolute Gasteiger partial charge is 0.490 e. The molecule has 0 saturated carbocycles. The van der Waals surface area contributed by atoms with E-state index in [1.807, 2.05) is 30.3 Å². The molecule has 0 radical (unpaired) electrons. The predicted octanol–water partition coefficient (Wildman–Crippen LogP) is 5.02. The van der Waals surface area contributed by atoms with Gasteiger partial charge in [-0.15, -0.1) is 0 Å². The second-order valence-corrected chi connectivity index (χ2v) is 5.76. The first-order chi connectivity index (χ1) is 12.7. The van der Waals surface area contributed by atoms with Crippen LogP contribution in [0.15, 0.2) is 78.9 Å². The van der Waals surface area contributed by atoms with Crippen LogP contribution in [0.4, 0.5) is 0 Å². The molecule has 0 bridgehead atoms. The van der Waals surface area contributed by atoms with Crippen molar-refractivity contribution in [2.24, 2.45) is 0 Å². The number of halogens is 1. The van der Waals surface area contributed by atoms with E-state index in [2.05, 4.69) is 0 Å². The highest BCUT2D eigenvalue weighted by Gasteiger charge is 2.11. The van der Waals surface area contributed by atoms with E-state index < -0.39 is 5.97 Å². The van der Waals surface area contributed by atoms with Gasteiger partial charge in [-0.25, -0.2) is 4.79 Å². The number of carbonyl (C=O) groups is 1. The lowest BCUT2D eigenvalue weighted by atomic mass is 10.2. The maximum atomic E-state index is 12.3. The van der Waals surface area contributed by atoms with E-state index in [-0.39, 0.29) is 0 Å². The van der Waals surface area contributed by atoms with Crippen LogP contribution in [-0.2, 0) is 0 Å². The molecule has 3 rings (SSSR count). The van der Waals surface area contributed by atoms with E-state index >= 15 is 0 Å². The van der Waals surface area contributed by atoms with E-state index in [1.54, 1.807) is 48.5 Å². The normalized spacial score (nSPS) is 10.2. The minimum atomic E-state index is -0.496. The summed E-state index contributed by atoms with van der Waals surface area (Å²) in [7, 11) is 0. The van der Waals surface area contributed by atoms with Gasteiger partial charge in [-0.3, -0.25) is 0 Å². The zero-order valence-electron chi connectivity index (χ0n) is 13.9. The molecule has 0 N–H and O–H groups in total. The maximum absolute atomic E-state index is 12.3. The summed E-state index contributed by atoms with van der Waals surface area (Å²) in [4.78, 5) is 12.3. The molecule has 5 heteroatoms.